The standard InChI is InChI=1S/C19H15O3/c1-13(20)22-19-5-3-4-14(12-19)15-6-7-17-11-18(21-2)9-8-16(17)10-15/h3-9,11-12H,1-2H3. The summed E-state index contributed by atoms with van der Waals surface area (Å²) in [7, 11) is 1.65. The zero-order valence-corrected chi connectivity index (χ0v) is 12.4. The third-order valence-electron chi connectivity index (χ3n) is 3.36. The first-order valence-corrected chi connectivity index (χ1v) is 6.94. The number of hydrogen-bond acceptors (Lipinski definition) is 3. The van der Waals surface area contributed by atoms with Crippen molar-refractivity contribution in [3.63, 3.8) is 0 Å². The quantitative estimate of drug-likeness (QED) is 0.535. The van der Waals surface area contributed by atoms with Crippen molar-refractivity contribution < 1.29 is 14.3 Å². The topological polar surface area (TPSA) is 35.5 Å². The molecule has 0 saturated heterocycles. The van der Waals surface area contributed by atoms with E-state index in [0.29, 0.717) is 5.75 Å². The highest BCUT2D eigenvalue weighted by Gasteiger charge is 2.04. The van der Waals surface area contributed by atoms with Gasteiger partial charge in [0.15, 0.2) is 0 Å². The van der Waals surface area contributed by atoms with E-state index in [9.17, 15) is 4.79 Å². The van der Waals surface area contributed by atoms with Crippen molar-refractivity contribution in [3.05, 3.63) is 60.7 Å². The Hall–Kier alpha value is -2.81. The normalized spacial score (nSPS) is 10.5. The van der Waals surface area contributed by atoms with Gasteiger partial charge in [0.2, 0.25) is 0 Å². The fourth-order valence-electron chi connectivity index (χ4n) is 2.34. The molecule has 0 N–H and O–H groups in total. The maximum atomic E-state index is 11.1. The molecule has 3 aromatic carbocycles. The van der Waals surface area contributed by atoms with Crippen molar-refractivity contribution >= 4 is 16.7 Å². The van der Waals surface area contributed by atoms with Crippen LogP contribution in [-0.2, 0) is 4.79 Å². The lowest BCUT2D eigenvalue weighted by atomic mass is 10.0. The molecule has 0 aromatic heterocycles. The highest BCUT2D eigenvalue weighted by atomic mass is 16.5. The molecule has 0 heterocycles. The number of ether oxygens (including phenoxy) is 2. The number of carbonyl (C=O) groups is 1. The third kappa shape index (κ3) is 2.93. The molecule has 0 fully saturated rings. The molecule has 0 aliphatic heterocycles. The molecule has 0 atom stereocenters. The molecule has 3 aromatic rings. The molecular weight excluding hydrogens is 276 g/mol. The summed E-state index contributed by atoms with van der Waals surface area (Å²) < 4.78 is 10.4. The summed E-state index contributed by atoms with van der Waals surface area (Å²) in [6.45, 7) is 1.39. The van der Waals surface area contributed by atoms with Gasteiger partial charge in [0, 0.05) is 6.92 Å². The highest BCUT2D eigenvalue weighted by molar-refractivity contribution is 5.87. The van der Waals surface area contributed by atoms with Gasteiger partial charge < -0.3 is 9.47 Å². The second kappa shape index (κ2) is 5.90. The second-order valence-corrected chi connectivity index (χ2v) is 4.95. The predicted octanol–water partition coefficient (Wildman–Crippen LogP) is 4.24. The van der Waals surface area contributed by atoms with Gasteiger partial charge in [0.1, 0.15) is 11.5 Å². The SMILES string of the molecule is COc1ccc2[c]c(-c3cccc(OC(C)=O)c3)ccc2c1. The second-order valence-electron chi connectivity index (χ2n) is 4.95. The fourth-order valence-corrected chi connectivity index (χ4v) is 2.34. The zero-order valence-electron chi connectivity index (χ0n) is 12.4. The van der Waals surface area contributed by atoms with Crippen molar-refractivity contribution in [3.8, 4) is 22.6 Å². The van der Waals surface area contributed by atoms with Crippen LogP contribution in [0.1, 0.15) is 6.92 Å². The van der Waals surface area contributed by atoms with Crippen LogP contribution in [0.15, 0.2) is 54.6 Å². The molecule has 3 heteroatoms. The minimum Gasteiger partial charge on any atom is -0.497 e. The molecule has 0 saturated carbocycles. The Kier molecular flexibility index (Phi) is 3.79. The van der Waals surface area contributed by atoms with E-state index in [1.54, 1.807) is 13.2 Å². The lowest BCUT2D eigenvalue weighted by Crippen LogP contribution is -2.01. The van der Waals surface area contributed by atoms with Crippen LogP contribution >= 0.6 is 0 Å². The number of benzene rings is 3. The molecule has 0 aliphatic rings. The zero-order chi connectivity index (χ0) is 15.5. The third-order valence-corrected chi connectivity index (χ3v) is 3.36. The Morgan fingerprint density at radius 3 is 2.64 bits per heavy atom. The van der Waals surface area contributed by atoms with Gasteiger partial charge in [0.05, 0.1) is 7.11 Å². The van der Waals surface area contributed by atoms with Crippen LogP contribution in [0.5, 0.6) is 11.5 Å². The van der Waals surface area contributed by atoms with E-state index in [1.807, 2.05) is 48.5 Å². The molecule has 0 bridgehead atoms. The average Bonchev–Trinajstić information content (AvgIpc) is 2.53. The molecule has 0 aliphatic carbocycles. The lowest BCUT2D eigenvalue weighted by molar-refractivity contribution is -0.131. The van der Waals surface area contributed by atoms with Gasteiger partial charge in [-0.3, -0.25) is 4.79 Å². The lowest BCUT2D eigenvalue weighted by Gasteiger charge is -2.07. The minimum absolute atomic E-state index is 0.327. The summed E-state index contributed by atoms with van der Waals surface area (Å²) in [6.07, 6.45) is 0. The first-order chi connectivity index (χ1) is 10.7. The Labute approximate surface area is 129 Å². The van der Waals surface area contributed by atoms with Crippen molar-refractivity contribution in [2.24, 2.45) is 0 Å². The van der Waals surface area contributed by atoms with Crippen molar-refractivity contribution in [1.82, 2.24) is 0 Å². The van der Waals surface area contributed by atoms with Crippen LogP contribution in [0.4, 0.5) is 0 Å². The minimum atomic E-state index is -0.327. The molecule has 0 unspecified atom stereocenters. The van der Waals surface area contributed by atoms with E-state index in [2.05, 4.69) is 6.07 Å². The molecule has 0 amide bonds. The number of fused-ring (bicyclic) bond motifs is 1. The summed E-state index contributed by atoms with van der Waals surface area (Å²) in [6, 6.07) is 20.7. The summed E-state index contributed by atoms with van der Waals surface area (Å²) in [5.74, 6) is 1.03. The van der Waals surface area contributed by atoms with E-state index in [0.717, 1.165) is 27.6 Å². The van der Waals surface area contributed by atoms with E-state index >= 15 is 0 Å². The summed E-state index contributed by atoms with van der Waals surface area (Å²) >= 11 is 0. The first kappa shape index (κ1) is 14.1. The summed E-state index contributed by atoms with van der Waals surface area (Å²) in [5, 5.41) is 2.08. The molecular formula is C19H15O3. The van der Waals surface area contributed by atoms with Crippen molar-refractivity contribution in [2.45, 2.75) is 6.92 Å². The van der Waals surface area contributed by atoms with E-state index < -0.39 is 0 Å². The van der Waals surface area contributed by atoms with Gasteiger partial charge in [-0.25, -0.2) is 0 Å². The molecule has 22 heavy (non-hydrogen) atoms. The number of esters is 1. The van der Waals surface area contributed by atoms with E-state index in [-0.39, 0.29) is 5.97 Å². The van der Waals surface area contributed by atoms with Gasteiger partial charge in [-0.05, 0) is 52.2 Å². The van der Waals surface area contributed by atoms with Crippen LogP contribution in [0.25, 0.3) is 21.9 Å². The van der Waals surface area contributed by atoms with E-state index in [4.69, 9.17) is 9.47 Å². The van der Waals surface area contributed by atoms with Gasteiger partial charge in [-0.2, -0.15) is 0 Å². The van der Waals surface area contributed by atoms with Crippen molar-refractivity contribution in [1.29, 1.82) is 0 Å². The molecule has 1 radical (unpaired) electrons. The van der Waals surface area contributed by atoms with Crippen molar-refractivity contribution in [2.75, 3.05) is 7.11 Å². The fraction of sp³-hybridized carbons (Fsp3) is 0.105. The molecule has 3 rings (SSSR count). The highest BCUT2D eigenvalue weighted by Crippen LogP contribution is 2.28. The smallest absolute Gasteiger partial charge is 0.308 e. The van der Waals surface area contributed by atoms with Crippen LogP contribution in [0, 0.1) is 6.07 Å². The molecule has 3 nitrogen and oxygen atoms in total. The maximum absolute atomic E-state index is 11.1. The van der Waals surface area contributed by atoms with Crippen LogP contribution in [-0.4, -0.2) is 13.1 Å². The Bertz CT molecular complexity index is 837. The largest absolute Gasteiger partial charge is 0.497 e. The summed E-state index contributed by atoms with van der Waals surface area (Å²) in [5.41, 5.74) is 1.91. The van der Waals surface area contributed by atoms with Gasteiger partial charge in [-0.15, -0.1) is 0 Å². The van der Waals surface area contributed by atoms with Gasteiger partial charge in [0.25, 0.3) is 0 Å². The number of hydrogen-bond donors (Lipinski definition) is 0. The first-order valence-electron chi connectivity index (χ1n) is 6.94. The van der Waals surface area contributed by atoms with Gasteiger partial charge in [-0.1, -0.05) is 30.3 Å². The number of carbonyl (C=O) groups excluding carboxylic acids is 1. The molecule has 0 spiro atoms. The Morgan fingerprint density at radius 2 is 1.86 bits per heavy atom. The molecule has 109 valence electrons. The summed E-state index contributed by atoms with van der Waals surface area (Å²) in [4.78, 5) is 11.1. The maximum Gasteiger partial charge on any atom is 0.308 e. The average molecular weight is 291 g/mol. The van der Waals surface area contributed by atoms with Gasteiger partial charge >= 0.3 is 5.97 Å². The van der Waals surface area contributed by atoms with Crippen LogP contribution in [0.3, 0.4) is 0 Å². The number of rotatable bonds is 3. The van der Waals surface area contributed by atoms with E-state index in [1.165, 1.54) is 6.92 Å². The Balaban J connectivity index is 2.01. The van der Waals surface area contributed by atoms with Crippen LogP contribution < -0.4 is 9.47 Å². The monoisotopic (exact) mass is 291 g/mol. The Morgan fingerprint density at radius 1 is 1.00 bits per heavy atom. The predicted molar refractivity (Wildman–Crippen MR) is 86.1 cm³/mol. The number of methoxy groups -OCH3 is 1. The van der Waals surface area contributed by atoms with Crippen LogP contribution in [0.2, 0.25) is 0 Å².